The van der Waals surface area contributed by atoms with Crippen molar-refractivity contribution in [2.45, 2.75) is 49.1 Å². The van der Waals surface area contributed by atoms with Gasteiger partial charge in [-0.3, -0.25) is 9.59 Å². The molecule has 1 aliphatic rings. The summed E-state index contributed by atoms with van der Waals surface area (Å²) < 4.78 is 26.5. The second-order valence-corrected chi connectivity index (χ2v) is 9.61. The third-order valence-corrected chi connectivity index (χ3v) is 6.46. The van der Waals surface area contributed by atoms with Crippen molar-refractivity contribution < 1.29 is 63.6 Å². The van der Waals surface area contributed by atoms with E-state index in [0.29, 0.717) is 24.3 Å². The molecule has 0 spiro atoms. The van der Waals surface area contributed by atoms with Gasteiger partial charge in [0, 0.05) is 25.6 Å². The zero-order valence-electron chi connectivity index (χ0n) is 23.8. The molecule has 1 fully saturated rings. The van der Waals surface area contributed by atoms with E-state index in [4.69, 9.17) is 35.2 Å². The highest BCUT2D eigenvalue weighted by Crippen LogP contribution is 2.33. The number of aliphatic hydroxyl groups is 4. The second-order valence-electron chi connectivity index (χ2n) is 9.61. The molecule has 6 atom stereocenters. The number of aliphatic carboxylic acids is 1. The van der Waals surface area contributed by atoms with E-state index in [1.54, 1.807) is 24.3 Å². The van der Waals surface area contributed by atoms with Crippen LogP contribution in [0, 0.1) is 12.3 Å². The van der Waals surface area contributed by atoms with Gasteiger partial charge in [0.15, 0.2) is 0 Å². The van der Waals surface area contributed by atoms with Crippen LogP contribution in [-0.4, -0.2) is 139 Å². The van der Waals surface area contributed by atoms with Crippen LogP contribution >= 0.6 is 0 Å². The van der Waals surface area contributed by atoms with Crippen LogP contribution in [0.2, 0.25) is 0 Å². The Balaban J connectivity index is 2.05. The van der Waals surface area contributed by atoms with Gasteiger partial charge >= 0.3 is 5.97 Å². The summed E-state index contributed by atoms with van der Waals surface area (Å²) in [5.41, 5.74) is 1.28. The fraction of sp³-hybridized carbons (Fsp3) is 0.607. The number of carbonyl (C=O) groups is 3. The lowest BCUT2D eigenvalue weighted by molar-refractivity contribution is -0.312. The monoisotopic (exact) mass is 612 g/mol. The van der Waals surface area contributed by atoms with Crippen LogP contribution in [0.3, 0.4) is 0 Å². The summed E-state index contributed by atoms with van der Waals surface area (Å²) in [4.78, 5) is 36.6. The van der Waals surface area contributed by atoms with Crippen LogP contribution in [0.1, 0.15) is 17.5 Å². The smallest absolute Gasteiger partial charge is 0.364 e. The zero-order valence-corrected chi connectivity index (χ0v) is 23.8. The molecule has 15 heteroatoms. The molecule has 0 bridgehead atoms. The molecule has 43 heavy (non-hydrogen) atoms. The van der Waals surface area contributed by atoms with E-state index in [-0.39, 0.29) is 32.8 Å². The Labute approximate surface area is 249 Å². The van der Waals surface area contributed by atoms with Crippen molar-refractivity contribution in [2.24, 2.45) is 0 Å². The van der Waals surface area contributed by atoms with Crippen molar-refractivity contribution in [3.8, 4) is 12.3 Å². The summed E-state index contributed by atoms with van der Waals surface area (Å²) in [6.45, 7) is -0.593. The number of hydrogen-bond acceptors (Lipinski definition) is 12. The van der Waals surface area contributed by atoms with E-state index in [0.717, 1.165) is 0 Å². The number of carboxylic acid groups (broad SMARTS) is 1. The normalized spacial score (nSPS) is 23.1. The molecule has 0 unspecified atom stereocenters. The van der Waals surface area contributed by atoms with Gasteiger partial charge in [-0.2, -0.15) is 0 Å². The fourth-order valence-corrected chi connectivity index (χ4v) is 4.20. The summed E-state index contributed by atoms with van der Waals surface area (Å²) in [5, 5.41) is 56.3. The molecule has 1 heterocycles. The molecule has 240 valence electrons. The Morgan fingerprint density at radius 1 is 1.07 bits per heavy atom. The van der Waals surface area contributed by atoms with Gasteiger partial charge in [-0.05, 0) is 17.7 Å². The first-order valence-corrected chi connectivity index (χ1v) is 13.5. The molecule has 2 rings (SSSR count). The van der Waals surface area contributed by atoms with Crippen molar-refractivity contribution in [3.05, 3.63) is 35.4 Å². The second kappa shape index (κ2) is 18.5. The highest BCUT2D eigenvalue weighted by Gasteiger charge is 2.55. The van der Waals surface area contributed by atoms with Crippen molar-refractivity contribution in [2.75, 3.05) is 59.9 Å². The molecule has 0 aliphatic carbocycles. The standard InChI is InChI=1S/C28H40N2O13/c1-3-18-4-6-19(7-5-18)14-22(34)29-16-21(33)25(36)26-24(30-23(35)17-31)20(32)15-28(43-26,27(37)38)42-13-12-41-11-10-40-9-8-39-2/h1,4-7,20-21,24-26,31-33,36H,8-17H2,2H3,(H,29,34)(H,30,35)(H,37,38)/t20-,21+,24+,25+,26+,28+/m0/s1. The lowest BCUT2D eigenvalue weighted by atomic mass is 9.88. The van der Waals surface area contributed by atoms with Gasteiger partial charge in [0.25, 0.3) is 5.79 Å². The number of benzene rings is 1. The van der Waals surface area contributed by atoms with Gasteiger partial charge in [-0.15, -0.1) is 6.42 Å². The highest BCUT2D eigenvalue weighted by atomic mass is 16.7. The van der Waals surface area contributed by atoms with Crippen LogP contribution in [0.15, 0.2) is 24.3 Å². The number of nitrogens with one attached hydrogen (secondary N) is 2. The lowest BCUT2D eigenvalue weighted by Gasteiger charge is -2.46. The van der Waals surface area contributed by atoms with E-state index in [9.17, 15) is 34.8 Å². The van der Waals surface area contributed by atoms with Crippen LogP contribution in [0.4, 0.5) is 0 Å². The lowest BCUT2D eigenvalue weighted by Crippen LogP contribution is -2.68. The van der Waals surface area contributed by atoms with Crippen LogP contribution in [-0.2, 0) is 44.5 Å². The van der Waals surface area contributed by atoms with Gasteiger partial charge in [0.2, 0.25) is 11.8 Å². The molecule has 1 aromatic rings. The maximum Gasteiger partial charge on any atom is 0.364 e. The number of amides is 2. The predicted octanol–water partition coefficient (Wildman–Crippen LogP) is -2.85. The Morgan fingerprint density at radius 2 is 1.70 bits per heavy atom. The summed E-state index contributed by atoms with van der Waals surface area (Å²) in [5.74, 6) is -3.12. The summed E-state index contributed by atoms with van der Waals surface area (Å²) in [7, 11) is 1.54. The maximum absolute atomic E-state index is 12.4. The average Bonchev–Trinajstić information content (AvgIpc) is 2.99. The van der Waals surface area contributed by atoms with Gasteiger partial charge in [0.1, 0.15) is 18.8 Å². The SMILES string of the molecule is C#Cc1ccc(CC(=O)NC[C@@H](O)[C@@H](O)[C@@H]2O[C@@](OCCOCCOCCOC)(C(=O)O)C[C@H](O)[C@H]2NC(=O)CO)cc1. The first kappa shape index (κ1) is 36.0. The Bertz CT molecular complexity index is 1060. The predicted molar refractivity (Wildman–Crippen MR) is 147 cm³/mol. The Hall–Kier alpha value is -3.17. The molecule has 2 amide bonds. The number of rotatable bonds is 19. The molecule has 1 aliphatic heterocycles. The van der Waals surface area contributed by atoms with Crippen LogP contribution < -0.4 is 10.6 Å². The number of methoxy groups -OCH3 is 1. The minimum atomic E-state index is -2.49. The van der Waals surface area contributed by atoms with Crippen molar-refractivity contribution in [1.82, 2.24) is 10.6 Å². The molecule has 0 aromatic heterocycles. The van der Waals surface area contributed by atoms with E-state index in [2.05, 4.69) is 16.6 Å². The first-order valence-electron chi connectivity index (χ1n) is 13.5. The van der Waals surface area contributed by atoms with Crippen LogP contribution in [0.5, 0.6) is 0 Å². The zero-order chi connectivity index (χ0) is 31.8. The minimum Gasteiger partial charge on any atom is -0.477 e. The molecule has 1 aromatic carbocycles. The maximum atomic E-state index is 12.4. The van der Waals surface area contributed by atoms with Crippen molar-refractivity contribution in [1.29, 1.82) is 0 Å². The van der Waals surface area contributed by atoms with E-state index in [1.807, 2.05) is 0 Å². The fourth-order valence-electron chi connectivity index (χ4n) is 4.20. The minimum absolute atomic E-state index is 0.0567. The number of carbonyl (C=O) groups excluding carboxylic acids is 2. The molecule has 0 saturated carbocycles. The summed E-state index contributed by atoms with van der Waals surface area (Å²) in [6.07, 6.45) is -2.47. The topological polar surface area (TPSA) is 223 Å². The van der Waals surface area contributed by atoms with Gasteiger partial charge < -0.3 is 59.9 Å². The number of ether oxygens (including phenoxy) is 5. The number of terminal acetylenes is 1. The highest BCUT2D eigenvalue weighted by molar-refractivity contribution is 5.79. The number of hydrogen-bond donors (Lipinski definition) is 7. The van der Waals surface area contributed by atoms with Gasteiger partial charge in [0.05, 0.1) is 64.3 Å². The molecule has 1 saturated heterocycles. The van der Waals surface area contributed by atoms with Crippen molar-refractivity contribution >= 4 is 17.8 Å². The van der Waals surface area contributed by atoms with Crippen molar-refractivity contribution in [3.63, 3.8) is 0 Å². The third-order valence-electron chi connectivity index (χ3n) is 6.46. The van der Waals surface area contributed by atoms with Crippen LogP contribution in [0.25, 0.3) is 0 Å². The average molecular weight is 613 g/mol. The molecule has 15 nitrogen and oxygen atoms in total. The van der Waals surface area contributed by atoms with E-state index >= 15 is 0 Å². The van der Waals surface area contributed by atoms with Gasteiger partial charge in [-0.25, -0.2) is 4.79 Å². The summed E-state index contributed by atoms with van der Waals surface area (Å²) in [6, 6.07) is 5.20. The number of carboxylic acids is 1. The molecule has 7 N–H and O–H groups in total. The van der Waals surface area contributed by atoms with E-state index < -0.39 is 73.6 Å². The summed E-state index contributed by atoms with van der Waals surface area (Å²) >= 11 is 0. The largest absolute Gasteiger partial charge is 0.477 e. The quantitative estimate of drug-likeness (QED) is 0.0618. The molecular formula is C28H40N2O13. The Morgan fingerprint density at radius 3 is 2.28 bits per heavy atom. The van der Waals surface area contributed by atoms with Gasteiger partial charge in [-0.1, -0.05) is 18.1 Å². The number of aliphatic hydroxyl groups excluding tert-OH is 4. The Kier molecular flexibility index (Phi) is 15.5. The first-order chi connectivity index (χ1) is 20.6. The molecular weight excluding hydrogens is 572 g/mol. The third kappa shape index (κ3) is 11.4. The molecule has 0 radical (unpaired) electrons. The van der Waals surface area contributed by atoms with E-state index in [1.165, 1.54) is 7.11 Å².